The number of aromatic nitrogens is 3. The van der Waals surface area contributed by atoms with Crippen molar-refractivity contribution < 1.29 is 0 Å². The maximum Gasteiger partial charge on any atom is 0.160 e. The molecule has 1 fully saturated rings. The molecule has 4 rings (SSSR count). The van der Waals surface area contributed by atoms with Gasteiger partial charge in [0.05, 0.1) is 0 Å². The third-order valence-electron chi connectivity index (χ3n) is 4.32. The van der Waals surface area contributed by atoms with Crippen LogP contribution < -0.4 is 0 Å². The van der Waals surface area contributed by atoms with E-state index >= 15 is 0 Å². The quantitative estimate of drug-likeness (QED) is 0.725. The van der Waals surface area contributed by atoms with Crippen molar-refractivity contribution in [2.45, 2.75) is 19.4 Å². The fourth-order valence-corrected chi connectivity index (χ4v) is 4.33. The molecule has 112 valence electrons. The van der Waals surface area contributed by atoms with Crippen LogP contribution in [0.4, 0.5) is 0 Å². The van der Waals surface area contributed by atoms with Crippen LogP contribution in [0, 0.1) is 5.92 Å². The second-order valence-corrected chi connectivity index (χ2v) is 7.04. The average Bonchev–Trinajstić information content (AvgIpc) is 2.95. The summed E-state index contributed by atoms with van der Waals surface area (Å²) in [6.07, 6.45) is 4.46. The highest BCUT2D eigenvalue weighted by molar-refractivity contribution is 7.99. The van der Waals surface area contributed by atoms with Crippen LogP contribution in [0.2, 0.25) is 0 Å². The lowest BCUT2D eigenvalue weighted by Crippen LogP contribution is -2.17. The third kappa shape index (κ3) is 2.63. The van der Waals surface area contributed by atoms with Crippen LogP contribution in [0.25, 0.3) is 22.6 Å². The minimum atomic E-state index is 0.739. The average molecular weight is 309 g/mol. The summed E-state index contributed by atoms with van der Waals surface area (Å²) in [4.78, 5) is 9.43. The van der Waals surface area contributed by atoms with E-state index in [-0.39, 0.29) is 0 Å². The molecular formula is C18H19N3S. The Labute approximate surface area is 134 Å². The molecule has 0 N–H and O–H groups in total. The summed E-state index contributed by atoms with van der Waals surface area (Å²) in [7, 11) is 0. The van der Waals surface area contributed by atoms with Gasteiger partial charge in [0.1, 0.15) is 11.3 Å². The number of hydrogen-bond acceptors (Lipinski definition) is 3. The highest BCUT2D eigenvalue weighted by Gasteiger charge is 2.19. The third-order valence-corrected chi connectivity index (χ3v) is 5.37. The fraction of sp³-hybridized carbons (Fsp3) is 0.333. The summed E-state index contributed by atoms with van der Waals surface area (Å²) in [6.45, 7) is 1.03. The molecule has 0 unspecified atom stereocenters. The van der Waals surface area contributed by atoms with Crippen LogP contribution in [0.1, 0.15) is 12.8 Å². The molecule has 1 saturated heterocycles. The number of thioether (sulfide) groups is 1. The molecule has 0 radical (unpaired) electrons. The zero-order chi connectivity index (χ0) is 14.8. The highest BCUT2D eigenvalue weighted by Crippen LogP contribution is 2.29. The van der Waals surface area contributed by atoms with Crippen molar-refractivity contribution in [2.24, 2.45) is 5.92 Å². The first-order valence-electron chi connectivity index (χ1n) is 7.86. The van der Waals surface area contributed by atoms with Crippen LogP contribution >= 0.6 is 11.8 Å². The Balaban J connectivity index is 1.79. The summed E-state index contributed by atoms with van der Waals surface area (Å²) in [6, 6.07) is 14.5. The van der Waals surface area contributed by atoms with Gasteiger partial charge in [-0.3, -0.25) is 0 Å². The standard InChI is InChI=1S/C18H19N3S/c1-2-5-15(6-3-1)17-20-16-7-4-10-19-18(16)21(17)13-14-8-11-22-12-9-14/h1-7,10,14H,8-9,11-13H2. The van der Waals surface area contributed by atoms with Gasteiger partial charge in [-0.25, -0.2) is 9.97 Å². The molecule has 4 heteroatoms. The molecule has 0 saturated carbocycles. The van der Waals surface area contributed by atoms with Gasteiger partial charge in [-0.1, -0.05) is 30.3 Å². The van der Waals surface area contributed by atoms with Gasteiger partial charge in [0, 0.05) is 18.3 Å². The van der Waals surface area contributed by atoms with E-state index in [0.717, 1.165) is 29.5 Å². The van der Waals surface area contributed by atoms with E-state index in [4.69, 9.17) is 4.98 Å². The van der Waals surface area contributed by atoms with Gasteiger partial charge in [-0.05, 0) is 42.4 Å². The van der Waals surface area contributed by atoms with Gasteiger partial charge in [0.2, 0.25) is 0 Å². The Bertz CT molecular complexity index is 760. The highest BCUT2D eigenvalue weighted by atomic mass is 32.2. The Kier molecular flexibility index (Phi) is 3.85. The largest absolute Gasteiger partial charge is 0.308 e. The van der Waals surface area contributed by atoms with Crippen molar-refractivity contribution in [3.05, 3.63) is 48.7 Å². The molecular weight excluding hydrogens is 290 g/mol. The summed E-state index contributed by atoms with van der Waals surface area (Å²) < 4.78 is 2.32. The maximum atomic E-state index is 4.84. The molecule has 3 heterocycles. The summed E-state index contributed by atoms with van der Waals surface area (Å²) in [5, 5.41) is 0. The summed E-state index contributed by atoms with van der Waals surface area (Å²) >= 11 is 2.07. The maximum absolute atomic E-state index is 4.84. The van der Waals surface area contributed by atoms with Crippen LogP contribution in [-0.2, 0) is 6.54 Å². The van der Waals surface area contributed by atoms with Crippen molar-refractivity contribution in [2.75, 3.05) is 11.5 Å². The second kappa shape index (κ2) is 6.13. The summed E-state index contributed by atoms with van der Waals surface area (Å²) in [5.74, 6) is 4.35. The Hall–Kier alpha value is -1.81. The van der Waals surface area contributed by atoms with Gasteiger partial charge in [-0.15, -0.1) is 0 Å². The first-order valence-corrected chi connectivity index (χ1v) is 9.02. The lowest BCUT2D eigenvalue weighted by atomic mass is 10.0. The lowest BCUT2D eigenvalue weighted by Gasteiger charge is -2.22. The van der Waals surface area contributed by atoms with Gasteiger partial charge < -0.3 is 4.57 Å². The number of nitrogens with zero attached hydrogens (tertiary/aromatic N) is 3. The Morgan fingerprint density at radius 3 is 2.68 bits per heavy atom. The molecule has 1 aliphatic rings. The lowest BCUT2D eigenvalue weighted by molar-refractivity contribution is 0.423. The molecule has 3 aromatic rings. The molecule has 1 aliphatic heterocycles. The predicted octanol–water partition coefficient (Wildman–Crippen LogP) is 4.24. The second-order valence-electron chi connectivity index (χ2n) is 5.81. The number of hydrogen-bond donors (Lipinski definition) is 0. The van der Waals surface area contributed by atoms with E-state index in [9.17, 15) is 0 Å². The van der Waals surface area contributed by atoms with Crippen molar-refractivity contribution in [1.82, 2.24) is 14.5 Å². The minimum absolute atomic E-state index is 0.739. The van der Waals surface area contributed by atoms with Crippen LogP contribution in [0.3, 0.4) is 0 Å². The molecule has 22 heavy (non-hydrogen) atoms. The van der Waals surface area contributed by atoms with Gasteiger partial charge in [0.15, 0.2) is 5.65 Å². The molecule has 3 nitrogen and oxygen atoms in total. The Morgan fingerprint density at radius 2 is 1.86 bits per heavy atom. The fourth-order valence-electron chi connectivity index (χ4n) is 3.13. The number of rotatable bonds is 3. The van der Waals surface area contributed by atoms with E-state index < -0.39 is 0 Å². The number of benzene rings is 1. The zero-order valence-corrected chi connectivity index (χ0v) is 13.3. The van der Waals surface area contributed by atoms with Gasteiger partial charge in [-0.2, -0.15) is 11.8 Å². The van der Waals surface area contributed by atoms with E-state index in [1.54, 1.807) is 0 Å². The predicted molar refractivity (Wildman–Crippen MR) is 93.0 cm³/mol. The molecule has 0 spiro atoms. The van der Waals surface area contributed by atoms with Gasteiger partial charge in [0.25, 0.3) is 0 Å². The van der Waals surface area contributed by atoms with Crippen molar-refractivity contribution in [1.29, 1.82) is 0 Å². The van der Waals surface area contributed by atoms with Crippen molar-refractivity contribution in [3.63, 3.8) is 0 Å². The zero-order valence-electron chi connectivity index (χ0n) is 12.5. The number of imidazole rings is 1. The van der Waals surface area contributed by atoms with Gasteiger partial charge >= 0.3 is 0 Å². The van der Waals surface area contributed by atoms with E-state index in [2.05, 4.69) is 51.6 Å². The van der Waals surface area contributed by atoms with Crippen molar-refractivity contribution >= 4 is 22.9 Å². The monoisotopic (exact) mass is 309 g/mol. The topological polar surface area (TPSA) is 30.7 Å². The van der Waals surface area contributed by atoms with E-state index in [1.165, 1.54) is 29.9 Å². The van der Waals surface area contributed by atoms with Crippen LogP contribution in [0.5, 0.6) is 0 Å². The molecule has 2 aromatic heterocycles. The molecule has 0 amide bonds. The number of fused-ring (bicyclic) bond motifs is 1. The Morgan fingerprint density at radius 1 is 1.05 bits per heavy atom. The molecule has 0 bridgehead atoms. The minimum Gasteiger partial charge on any atom is -0.308 e. The number of pyridine rings is 1. The smallest absolute Gasteiger partial charge is 0.160 e. The SMILES string of the molecule is c1ccc(-c2nc3cccnc3n2CC2CCSCC2)cc1. The van der Waals surface area contributed by atoms with E-state index in [0.29, 0.717) is 0 Å². The van der Waals surface area contributed by atoms with Crippen molar-refractivity contribution in [3.8, 4) is 11.4 Å². The normalized spacial score (nSPS) is 16.2. The molecule has 1 aromatic carbocycles. The van der Waals surface area contributed by atoms with Crippen LogP contribution in [-0.4, -0.2) is 26.0 Å². The van der Waals surface area contributed by atoms with E-state index in [1.807, 2.05) is 18.3 Å². The first-order chi connectivity index (χ1) is 10.9. The molecule has 0 atom stereocenters. The van der Waals surface area contributed by atoms with Crippen LogP contribution in [0.15, 0.2) is 48.7 Å². The summed E-state index contributed by atoms with van der Waals surface area (Å²) in [5.41, 5.74) is 3.18. The molecule has 0 aliphatic carbocycles. The first kappa shape index (κ1) is 13.8.